The summed E-state index contributed by atoms with van der Waals surface area (Å²) >= 11 is -2.53. The Bertz CT molecular complexity index is 372. The van der Waals surface area contributed by atoms with Crippen LogP contribution < -0.4 is 39.0 Å². The van der Waals surface area contributed by atoms with Crippen LogP contribution in [-0.2, 0) is 11.1 Å². The van der Waals surface area contributed by atoms with Gasteiger partial charge < -0.3 is 14.0 Å². The molecule has 1 atom stereocenters. The second-order valence-electron chi connectivity index (χ2n) is 2.37. The fourth-order valence-electron chi connectivity index (χ4n) is 0.963. The van der Waals surface area contributed by atoms with Crippen LogP contribution in [-0.4, -0.2) is 23.0 Å². The first-order chi connectivity index (χ1) is 6.60. The van der Waals surface area contributed by atoms with Gasteiger partial charge in [-0.15, -0.1) is 0 Å². The number of rotatable bonds is 3. The molecule has 0 radical (unpaired) electrons. The van der Waals surface area contributed by atoms with E-state index in [0.717, 1.165) is 6.07 Å². The fraction of sp³-hybridized carbons (Fsp3) is 0.250. The predicted molar refractivity (Wildman–Crippen MR) is 46.7 cm³/mol. The quantitative estimate of drug-likeness (QED) is 0.458. The summed E-state index contributed by atoms with van der Waals surface area (Å²) in [5, 5.41) is 0. The van der Waals surface area contributed by atoms with E-state index in [-0.39, 0.29) is 46.0 Å². The zero-order valence-corrected chi connectivity index (χ0v) is 11.4. The van der Waals surface area contributed by atoms with Crippen molar-refractivity contribution in [2.75, 3.05) is 14.2 Å². The number of hydrogen-bond acceptors (Lipinski definition) is 4. The van der Waals surface area contributed by atoms with E-state index in [1.165, 1.54) is 20.3 Å². The second kappa shape index (κ2) is 6.44. The minimum absolute atomic E-state index is 0. The Labute approximate surface area is 111 Å². The molecule has 0 N–H and O–H groups in total. The molecule has 0 heterocycles. The van der Waals surface area contributed by atoms with E-state index >= 15 is 0 Å². The average molecular weight is 242 g/mol. The molecule has 0 saturated carbocycles. The van der Waals surface area contributed by atoms with Crippen molar-refractivity contribution < 1.29 is 52.2 Å². The zero-order chi connectivity index (χ0) is 10.7. The van der Waals surface area contributed by atoms with Crippen molar-refractivity contribution in [1.29, 1.82) is 0 Å². The summed E-state index contributed by atoms with van der Waals surface area (Å²) in [7, 11) is 2.58. The van der Waals surface area contributed by atoms with E-state index in [0.29, 0.717) is 0 Å². The molecule has 1 rings (SSSR count). The third kappa shape index (κ3) is 3.42. The van der Waals surface area contributed by atoms with Crippen LogP contribution in [0, 0.1) is 5.82 Å². The van der Waals surface area contributed by atoms with E-state index in [1.54, 1.807) is 0 Å². The first kappa shape index (κ1) is 14.9. The van der Waals surface area contributed by atoms with Crippen molar-refractivity contribution in [2.45, 2.75) is 4.90 Å². The predicted octanol–water partition coefficient (Wildman–Crippen LogP) is -1.92. The van der Waals surface area contributed by atoms with Crippen molar-refractivity contribution in [3.8, 4) is 11.5 Å². The molecule has 0 fully saturated rings. The monoisotopic (exact) mass is 242 g/mol. The number of hydrogen-bond donors (Lipinski definition) is 0. The van der Waals surface area contributed by atoms with E-state index in [1.807, 2.05) is 0 Å². The molecular weight excluding hydrogens is 234 g/mol. The molecule has 0 bridgehead atoms. The summed E-state index contributed by atoms with van der Waals surface area (Å²) in [6.07, 6.45) is 0. The molecule has 0 spiro atoms. The number of halogens is 1. The molecule has 4 nitrogen and oxygen atoms in total. The standard InChI is InChI=1S/C8H9FO4S.Na/c1-12-6-4-7(13-2)8(14(10)11)3-5(6)9;/h3-4H,1-2H3,(H,10,11);/q;+1/p-1. The van der Waals surface area contributed by atoms with Gasteiger partial charge in [0, 0.05) is 6.07 Å². The van der Waals surface area contributed by atoms with Crippen LogP contribution in [0.1, 0.15) is 0 Å². The number of methoxy groups -OCH3 is 2. The molecule has 78 valence electrons. The fourth-order valence-corrected chi connectivity index (χ4v) is 1.47. The van der Waals surface area contributed by atoms with E-state index in [4.69, 9.17) is 4.74 Å². The van der Waals surface area contributed by atoms with Gasteiger partial charge >= 0.3 is 29.6 Å². The van der Waals surface area contributed by atoms with E-state index < -0.39 is 16.9 Å². The Kier molecular flexibility index (Phi) is 6.38. The third-order valence-corrected chi connectivity index (χ3v) is 2.30. The largest absolute Gasteiger partial charge is 1.00 e. The minimum atomic E-state index is -2.53. The maximum absolute atomic E-state index is 13.1. The summed E-state index contributed by atoms with van der Waals surface area (Å²) < 4.78 is 43.8. The van der Waals surface area contributed by atoms with Gasteiger partial charge in [-0.3, -0.25) is 4.21 Å². The van der Waals surface area contributed by atoms with Gasteiger partial charge in [-0.25, -0.2) is 4.39 Å². The van der Waals surface area contributed by atoms with Gasteiger partial charge in [0.05, 0.1) is 19.1 Å². The molecule has 0 aliphatic carbocycles. The molecule has 0 aromatic heterocycles. The minimum Gasteiger partial charge on any atom is -0.768 e. The smallest absolute Gasteiger partial charge is 0.768 e. The maximum atomic E-state index is 13.1. The van der Waals surface area contributed by atoms with Crippen molar-refractivity contribution >= 4 is 11.1 Å². The number of ether oxygens (including phenoxy) is 2. The second-order valence-corrected chi connectivity index (χ2v) is 3.28. The third-order valence-electron chi connectivity index (χ3n) is 1.62. The molecule has 0 aliphatic rings. The Balaban J connectivity index is 0.00000196. The Morgan fingerprint density at radius 3 is 2.20 bits per heavy atom. The van der Waals surface area contributed by atoms with Gasteiger partial charge in [0.2, 0.25) is 0 Å². The molecule has 0 amide bonds. The van der Waals surface area contributed by atoms with Gasteiger partial charge in [0.25, 0.3) is 0 Å². The molecule has 7 heteroatoms. The van der Waals surface area contributed by atoms with Gasteiger partial charge in [-0.1, -0.05) is 0 Å². The van der Waals surface area contributed by atoms with E-state index in [9.17, 15) is 13.2 Å². The van der Waals surface area contributed by atoms with Gasteiger partial charge in [0.15, 0.2) is 11.6 Å². The normalized spacial score (nSPS) is 11.5. The van der Waals surface area contributed by atoms with Crippen LogP contribution in [0.5, 0.6) is 11.5 Å². The molecule has 1 aromatic rings. The van der Waals surface area contributed by atoms with Crippen LogP contribution in [0.2, 0.25) is 0 Å². The van der Waals surface area contributed by atoms with Crippen LogP contribution in [0.25, 0.3) is 0 Å². The van der Waals surface area contributed by atoms with E-state index in [2.05, 4.69) is 4.74 Å². The van der Waals surface area contributed by atoms with Crippen molar-refractivity contribution in [3.63, 3.8) is 0 Å². The average Bonchev–Trinajstić information content (AvgIpc) is 2.17. The van der Waals surface area contributed by atoms with Crippen molar-refractivity contribution in [1.82, 2.24) is 0 Å². The first-order valence-corrected chi connectivity index (χ1v) is 4.68. The molecule has 0 aliphatic heterocycles. The summed E-state index contributed by atoms with van der Waals surface area (Å²) in [5.41, 5.74) is 0. The van der Waals surface area contributed by atoms with Crippen molar-refractivity contribution in [2.24, 2.45) is 0 Å². The molecule has 15 heavy (non-hydrogen) atoms. The van der Waals surface area contributed by atoms with Gasteiger partial charge in [0.1, 0.15) is 5.75 Å². The molecule has 1 unspecified atom stereocenters. The van der Waals surface area contributed by atoms with Crippen LogP contribution in [0.3, 0.4) is 0 Å². The SMILES string of the molecule is COc1cc(OC)c(S(=O)[O-])cc1F.[Na+]. The van der Waals surface area contributed by atoms with Crippen LogP contribution >= 0.6 is 0 Å². The van der Waals surface area contributed by atoms with Crippen LogP contribution in [0.15, 0.2) is 17.0 Å². The Morgan fingerprint density at radius 1 is 1.27 bits per heavy atom. The number of benzene rings is 1. The first-order valence-electron chi connectivity index (χ1n) is 3.61. The summed E-state index contributed by atoms with van der Waals surface area (Å²) in [4.78, 5) is -0.231. The Morgan fingerprint density at radius 2 is 1.80 bits per heavy atom. The van der Waals surface area contributed by atoms with Gasteiger partial charge in [-0.2, -0.15) is 0 Å². The van der Waals surface area contributed by atoms with Crippen LogP contribution in [0.4, 0.5) is 4.39 Å². The molecular formula is C8H8FNaO4S. The summed E-state index contributed by atoms with van der Waals surface area (Å²) in [6, 6.07) is 2.03. The summed E-state index contributed by atoms with van der Waals surface area (Å²) in [5.74, 6) is -0.750. The Hall–Kier alpha value is -0.140. The van der Waals surface area contributed by atoms with Gasteiger partial charge in [-0.05, 0) is 17.1 Å². The topological polar surface area (TPSA) is 58.6 Å². The zero-order valence-electron chi connectivity index (χ0n) is 8.57. The van der Waals surface area contributed by atoms with Crippen molar-refractivity contribution in [3.05, 3.63) is 17.9 Å². The maximum Gasteiger partial charge on any atom is 1.00 e. The summed E-state index contributed by atoms with van der Waals surface area (Å²) in [6.45, 7) is 0. The molecule has 1 aromatic carbocycles. The molecule has 0 saturated heterocycles.